The molecule has 0 spiro atoms. The summed E-state index contributed by atoms with van der Waals surface area (Å²) in [6, 6.07) is 0. The minimum Gasteiger partial charge on any atom is -0.481 e. The number of hydrogen-bond donors (Lipinski definition) is 2. The number of aliphatic carboxylic acids is 1. The first-order valence-corrected chi connectivity index (χ1v) is 6.89. The molecule has 2 saturated heterocycles. The van der Waals surface area contributed by atoms with Gasteiger partial charge >= 0.3 is 5.97 Å². The average Bonchev–Trinajstić information content (AvgIpc) is 2.47. The molecule has 2 fully saturated rings. The van der Waals surface area contributed by atoms with Crippen LogP contribution in [0, 0.1) is 11.3 Å². The van der Waals surface area contributed by atoms with Crippen LogP contribution in [0.3, 0.4) is 0 Å². The van der Waals surface area contributed by atoms with Crippen molar-refractivity contribution >= 4 is 11.9 Å². The number of carboxylic acids is 1. The van der Waals surface area contributed by atoms with Gasteiger partial charge in [-0.05, 0) is 25.7 Å². The molecule has 1 atom stereocenters. The van der Waals surface area contributed by atoms with Gasteiger partial charge in [0.25, 0.3) is 0 Å². The van der Waals surface area contributed by atoms with Crippen molar-refractivity contribution in [3.05, 3.63) is 0 Å². The molecule has 108 valence electrons. The van der Waals surface area contributed by atoms with Crippen LogP contribution in [0.4, 0.5) is 0 Å². The summed E-state index contributed by atoms with van der Waals surface area (Å²) >= 11 is 0. The van der Waals surface area contributed by atoms with Crippen LogP contribution in [-0.4, -0.2) is 54.7 Å². The fourth-order valence-electron chi connectivity index (χ4n) is 2.97. The van der Waals surface area contributed by atoms with Crippen LogP contribution in [0.15, 0.2) is 0 Å². The van der Waals surface area contributed by atoms with Gasteiger partial charge in [-0.25, -0.2) is 0 Å². The van der Waals surface area contributed by atoms with Gasteiger partial charge in [-0.2, -0.15) is 0 Å². The molecule has 0 aliphatic carbocycles. The Hall–Kier alpha value is -1.14. The van der Waals surface area contributed by atoms with Crippen molar-refractivity contribution < 1.29 is 19.4 Å². The molecule has 0 saturated carbocycles. The van der Waals surface area contributed by atoms with Crippen LogP contribution in [-0.2, 0) is 14.3 Å². The summed E-state index contributed by atoms with van der Waals surface area (Å²) in [6.45, 7) is 2.38. The van der Waals surface area contributed by atoms with Gasteiger partial charge in [0.15, 0.2) is 0 Å². The quantitative estimate of drug-likeness (QED) is 0.756. The number of nitrogens with zero attached hydrogens (tertiary/aromatic N) is 1. The number of carbonyl (C=O) groups excluding carboxylic acids is 1. The van der Waals surface area contributed by atoms with Gasteiger partial charge in [0.2, 0.25) is 5.91 Å². The van der Waals surface area contributed by atoms with Gasteiger partial charge in [-0.15, -0.1) is 0 Å². The predicted molar refractivity (Wildman–Crippen MR) is 68.5 cm³/mol. The predicted octanol–water partition coefficient (Wildman–Crippen LogP) is 0.0651. The molecule has 0 aromatic heterocycles. The first-order chi connectivity index (χ1) is 9.09. The maximum absolute atomic E-state index is 12.7. The zero-order chi connectivity index (χ0) is 13.9. The number of amides is 1. The fourth-order valence-corrected chi connectivity index (χ4v) is 2.97. The largest absolute Gasteiger partial charge is 0.481 e. The Kier molecular flexibility index (Phi) is 4.42. The summed E-state index contributed by atoms with van der Waals surface area (Å²) in [5.74, 6) is -1.23. The smallest absolute Gasteiger partial charge is 0.308 e. The van der Waals surface area contributed by atoms with E-state index < -0.39 is 17.3 Å². The fraction of sp³-hybridized carbons (Fsp3) is 0.846. The highest BCUT2D eigenvalue weighted by atomic mass is 16.5. The topological polar surface area (TPSA) is 92.9 Å². The van der Waals surface area contributed by atoms with Gasteiger partial charge in [-0.3, -0.25) is 9.59 Å². The minimum absolute atomic E-state index is 0.0178. The van der Waals surface area contributed by atoms with E-state index >= 15 is 0 Å². The Morgan fingerprint density at radius 3 is 2.63 bits per heavy atom. The van der Waals surface area contributed by atoms with Crippen LogP contribution >= 0.6 is 0 Å². The lowest BCUT2D eigenvalue weighted by Gasteiger charge is -2.41. The van der Waals surface area contributed by atoms with E-state index in [4.69, 9.17) is 15.6 Å². The lowest BCUT2D eigenvalue weighted by Crippen LogP contribution is -2.53. The molecule has 0 bridgehead atoms. The molecule has 0 aromatic rings. The van der Waals surface area contributed by atoms with Crippen molar-refractivity contribution in [1.82, 2.24) is 4.90 Å². The molecule has 0 aromatic carbocycles. The molecule has 2 aliphatic heterocycles. The van der Waals surface area contributed by atoms with Crippen molar-refractivity contribution in [3.8, 4) is 0 Å². The molecule has 3 N–H and O–H groups in total. The standard InChI is InChI=1S/C13H22N2O4/c14-9-13(3-6-19-7-4-13)12(18)15-5-1-2-10(8-15)11(16)17/h10H,1-9,14H2,(H,16,17)/t10-/m1/s1. The molecule has 0 unspecified atom stereocenters. The molecule has 1 amide bonds. The Morgan fingerprint density at radius 2 is 2.05 bits per heavy atom. The van der Waals surface area contributed by atoms with Crippen LogP contribution in [0.25, 0.3) is 0 Å². The number of carboxylic acid groups (broad SMARTS) is 1. The number of ether oxygens (including phenoxy) is 1. The Balaban J connectivity index is 2.06. The molecule has 0 radical (unpaired) electrons. The van der Waals surface area contributed by atoms with E-state index in [1.807, 2.05) is 0 Å². The maximum atomic E-state index is 12.7. The van der Waals surface area contributed by atoms with Gasteiger partial charge in [0.1, 0.15) is 0 Å². The zero-order valence-electron chi connectivity index (χ0n) is 11.1. The Bertz CT molecular complexity index is 353. The number of rotatable bonds is 3. The summed E-state index contributed by atoms with van der Waals surface area (Å²) < 4.78 is 5.30. The molecule has 2 rings (SSSR count). The van der Waals surface area contributed by atoms with Crippen molar-refractivity contribution in [2.45, 2.75) is 25.7 Å². The third kappa shape index (κ3) is 2.90. The zero-order valence-corrected chi connectivity index (χ0v) is 11.1. The van der Waals surface area contributed by atoms with E-state index in [2.05, 4.69) is 0 Å². The van der Waals surface area contributed by atoms with E-state index in [0.717, 1.165) is 6.42 Å². The normalized spacial score (nSPS) is 27.0. The van der Waals surface area contributed by atoms with Crippen molar-refractivity contribution in [2.24, 2.45) is 17.1 Å². The minimum atomic E-state index is -0.814. The van der Waals surface area contributed by atoms with Gasteiger partial charge in [-0.1, -0.05) is 0 Å². The molecule has 2 aliphatic rings. The number of carbonyl (C=O) groups is 2. The highest BCUT2D eigenvalue weighted by Crippen LogP contribution is 2.33. The monoisotopic (exact) mass is 270 g/mol. The van der Waals surface area contributed by atoms with E-state index in [0.29, 0.717) is 52.1 Å². The highest BCUT2D eigenvalue weighted by Gasteiger charge is 2.43. The molecular formula is C13H22N2O4. The number of nitrogens with two attached hydrogens (primary N) is 1. The summed E-state index contributed by atoms with van der Waals surface area (Å²) in [6.07, 6.45) is 2.67. The highest BCUT2D eigenvalue weighted by molar-refractivity contribution is 5.84. The molecule has 2 heterocycles. The first-order valence-electron chi connectivity index (χ1n) is 6.89. The number of likely N-dealkylation sites (tertiary alicyclic amines) is 1. The first kappa shape index (κ1) is 14.3. The lowest BCUT2D eigenvalue weighted by molar-refractivity contribution is -0.152. The van der Waals surface area contributed by atoms with E-state index in [1.54, 1.807) is 4.90 Å². The second-order valence-corrected chi connectivity index (χ2v) is 5.53. The summed E-state index contributed by atoms with van der Waals surface area (Å²) in [5.41, 5.74) is 5.28. The average molecular weight is 270 g/mol. The second-order valence-electron chi connectivity index (χ2n) is 5.53. The van der Waals surface area contributed by atoms with Crippen LogP contribution in [0.5, 0.6) is 0 Å². The Morgan fingerprint density at radius 1 is 1.37 bits per heavy atom. The summed E-state index contributed by atoms with van der Waals surface area (Å²) in [7, 11) is 0. The van der Waals surface area contributed by atoms with Gasteiger partial charge in [0.05, 0.1) is 11.3 Å². The summed E-state index contributed by atoms with van der Waals surface area (Å²) in [5, 5.41) is 9.09. The second kappa shape index (κ2) is 5.88. The number of hydrogen-bond acceptors (Lipinski definition) is 4. The van der Waals surface area contributed by atoms with E-state index in [9.17, 15) is 9.59 Å². The van der Waals surface area contributed by atoms with Crippen molar-refractivity contribution in [3.63, 3.8) is 0 Å². The molecule has 6 nitrogen and oxygen atoms in total. The van der Waals surface area contributed by atoms with Crippen molar-refractivity contribution in [2.75, 3.05) is 32.8 Å². The summed E-state index contributed by atoms with van der Waals surface area (Å²) in [4.78, 5) is 25.4. The molecule has 6 heteroatoms. The molecular weight excluding hydrogens is 248 g/mol. The number of piperidine rings is 1. The van der Waals surface area contributed by atoms with Crippen LogP contribution in [0.2, 0.25) is 0 Å². The third-order valence-corrected chi connectivity index (χ3v) is 4.35. The van der Waals surface area contributed by atoms with E-state index in [-0.39, 0.29) is 5.91 Å². The van der Waals surface area contributed by atoms with Crippen molar-refractivity contribution in [1.29, 1.82) is 0 Å². The molecule has 19 heavy (non-hydrogen) atoms. The third-order valence-electron chi connectivity index (χ3n) is 4.35. The van der Waals surface area contributed by atoms with Crippen LogP contribution in [0.1, 0.15) is 25.7 Å². The lowest BCUT2D eigenvalue weighted by atomic mass is 9.78. The van der Waals surface area contributed by atoms with E-state index in [1.165, 1.54) is 0 Å². The van der Waals surface area contributed by atoms with Crippen LogP contribution < -0.4 is 5.73 Å². The maximum Gasteiger partial charge on any atom is 0.308 e. The van der Waals surface area contributed by atoms with Gasteiger partial charge < -0.3 is 20.5 Å². The Labute approximate surface area is 112 Å². The van der Waals surface area contributed by atoms with Gasteiger partial charge in [0, 0.05) is 32.8 Å². The SMILES string of the molecule is NCC1(C(=O)N2CCC[C@@H](C(=O)O)C2)CCOCC1.